The van der Waals surface area contributed by atoms with Crippen LogP contribution >= 0.6 is 0 Å². The summed E-state index contributed by atoms with van der Waals surface area (Å²) in [4.78, 5) is 28.3. The summed E-state index contributed by atoms with van der Waals surface area (Å²) in [6.45, 7) is 6.88. The fourth-order valence-electron chi connectivity index (χ4n) is 4.08. The van der Waals surface area contributed by atoms with E-state index < -0.39 is 6.04 Å². The van der Waals surface area contributed by atoms with Gasteiger partial charge in [-0.05, 0) is 37.0 Å². The van der Waals surface area contributed by atoms with Crippen LogP contribution < -0.4 is 5.32 Å². The maximum Gasteiger partial charge on any atom is 0.242 e. The van der Waals surface area contributed by atoms with E-state index in [9.17, 15) is 9.59 Å². The normalized spacial score (nSPS) is 11.8. The molecule has 0 fully saturated rings. The Balaban J connectivity index is 1.90. The Morgan fingerprint density at radius 1 is 0.879 bits per heavy atom. The number of aryl methyl sites for hydroxylation is 1. The van der Waals surface area contributed by atoms with E-state index in [1.54, 1.807) is 4.90 Å². The molecule has 4 nitrogen and oxygen atoms in total. The second kappa shape index (κ2) is 12.0. The minimum Gasteiger partial charge on any atom is -0.354 e. The molecule has 33 heavy (non-hydrogen) atoms. The van der Waals surface area contributed by atoms with Gasteiger partial charge in [-0.25, -0.2) is 0 Å². The van der Waals surface area contributed by atoms with Gasteiger partial charge in [-0.15, -0.1) is 0 Å². The SMILES string of the molecule is CCCNC(=O)C(C)N(Cc1cccc(C)c1)C(=O)CC(c1ccccc1)c1ccccc1. The standard InChI is InChI=1S/C29H34N2O2/c1-4-18-30-29(33)23(3)31(21-24-13-11-12-22(2)19-24)28(32)20-27(25-14-7-5-8-15-25)26-16-9-6-10-17-26/h5-17,19,23,27H,4,18,20-21H2,1-3H3,(H,30,33). The zero-order valence-corrected chi connectivity index (χ0v) is 19.8. The van der Waals surface area contributed by atoms with Crippen molar-refractivity contribution in [3.05, 3.63) is 107 Å². The van der Waals surface area contributed by atoms with Crippen molar-refractivity contribution in [3.63, 3.8) is 0 Å². The van der Waals surface area contributed by atoms with Gasteiger partial charge in [0.25, 0.3) is 0 Å². The fraction of sp³-hybridized carbons (Fsp3) is 0.310. The summed E-state index contributed by atoms with van der Waals surface area (Å²) >= 11 is 0. The van der Waals surface area contributed by atoms with Crippen molar-refractivity contribution in [2.45, 2.75) is 52.1 Å². The van der Waals surface area contributed by atoms with E-state index in [2.05, 4.69) is 35.6 Å². The van der Waals surface area contributed by atoms with Crippen LogP contribution in [0.25, 0.3) is 0 Å². The maximum atomic E-state index is 13.8. The molecule has 0 radical (unpaired) electrons. The summed E-state index contributed by atoms with van der Waals surface area (Å²) in [6, 6.07) is 27.8. The first-order valence-electron chi connectivity index (χ1n) is 11.7. The van der Waals surface area contributed by atoms with Crippen LogP contribution in [0, 0.1) is 6.92 Å². The van der Waals surface area contributed by atoms with Gasteiger partial charge in [-0.1, -0.05) is 97.4 Å². The van der Waals surface area contributed by atoms with E-state index in [0.717, 1.165) is 28.7 Å². The predicted octanol–water partition coefficient (Wildman–Crippen LogP) is 5.46. The molecule has 0 aromatic heterocycles. The Morgan fingerprint density at radius 2 is 1.48 bits per heavy atom. The summed E-state index contributed by atoms with van der Waals surface area (Å²) in [5, 5.41) is 2.95. The van der Waals surface area contributed by atoms with Crippen molar-refractivity contribution >= 4 is 11.8 Å². The van der Waals surface area contributed by atoms with E-state index >= 15 is 0 Å². The molecular weight excluding hydrogens is 408 g/mol. The molecule has 0 bridgehead atoms. The molecule has 3 aromatic carbocycles. The third kappa shape index (κ3) is 6.79. The molecule has 0 aliphatic carbocycles. The molecular formula is C29H34N2O2. The molecule has 1 atom stereocenters. The summed E-state index contributed by atoms with van der Waals surface area (Å²) in [5.41, 5.74) is 4.34. The average Bonchev–Trinajstić information content (AvgIpc) is 2.85. The van der Waals surface area contributed by atoms with Crippen LogP contribution in [0.1, 0.15) is 54.9 Å². The van der Waals surface area contributed by atoms with Gasteiger partial charge in [-0.2, -0.15) is 0 Å². The highest BCUT2D eigenvalue weighted by molar-refractivity contribution is 5.87. The van der Waals surface area contributed by atoms with Gasteiger partial charge in [0, 0.05) is 25.4 Å². The van der Waals surface area contributed by atoms with Crippen molar-refractivity contribution in [1.29, 1.82) is 0 Å². The van der Waals surface area contributed by atoms with Crippen molar-refractivity contribution < 1.29 is 9.59 Å². The first kappa shape index (κ1) is 24.2. The molecule has 0 heterocycles. The van der Waals surface area contributed by atoms with Crippen molar-refractivity contribution in [3.8, 4) is 0 Å². The van der Waals surface area contributed by atoms with Gasteiger partial charge in [0.05, 0.1) is 0 Å². The lowest BCUT2D eigenvalue weighted by Crippen LogP contribution is -2.48. The molecule has 172 valence electrons. The van der Waals surface area contributed by atoms with Crippen LogP contribution in [0.5, 0.6) is 0 Å². The summed E-state index contributed by atoms with van der Waals surface area (Å²) in [6.07, 6.45) is 1.15. The zero-order valence-electron chi connectivity index (χ0n) is 19.8. The highest BCUT2D eigenvalue weighted by Gasteiger charge is 2.28. The fourth-order valence-corrected chi connectivity index (χ4v) is 4.08. The molecule has 0 spiro atoms. The lowest BCUT2D eigenvalue weighted by Gasteiger charge is -2.30. The lowest BCUT2D eigenvalue weighted by atomic mass is 9.88. The highest BCUT2D eigenvalue weighted by atomic mass is 16.2. The number of nitrogens with one attached hydrogen (secondary N) is 1. The number of benzene rings is 3. The van der Waals surface area contributed by atoms with Gasteiger partial charge in [0.1, 0.15) is 6.04 Å². The molecule has 1 unspecified atom stereocenters. The Morgan fingerprint density at radius 3 is 2.03 bits per heavy atom. The Hall–Kier alpha value is -3.40. The molecule has 3 rings (SSSR count). The first-order valence-corrected chi connectivity index (χ1v) is 11.7. The van der Waals surface area contributed by atoms with E-state index in [-0.39, 0.29) is 17.7 Å². The lowest BCUT2D eigenvalue weighted by molar-refractivity contribution is -0.140. The first-order chi connectivity index (χ1) is 16.0. The molecule has 0 saturated carbocycles. The molecule has 4 heteroatoms. The summed E-state index contributed by atoms with van der Waals surface area (Å²) < 4.78 is 0. The number of carbonyl (C=O) groups is 2. The Bertz CT molecular complexity index is 994. The van der Waals surface area contributed by atoms with Crippen molar-refractivity contribution in [2.75, 3.05) is 6.54 Å². The van der Waals surface area contributed by atoms with Crippen LogP contribution in [0.4, 0.5) is 0 Å². The minimum absolute atomic E-state index is 0.0339. The van der Waals surface area contributed by atoms with Gasteiger partial charge in [-0.3, -0.25) is 9.59 Å². The highest BCUT2D eigenvalue weighted by Crippen LogP contribution is 2.29. The number of carbonyl (C=O) groups excluding carboxylic acids is 2. The Labute approximate surface area is 197 Å². The molecule has 0 aliphatic heterocycles. The number of nitrogens with zero attached hydrogens (tertiary/aromatic N) is 1. The summed E-state index contributed by atoms with van der Waals surface area (Å²) in [5.74, 6) is -0.229. The van der Waals surface area contributed by atoms with Gasteiger partial charge < -0.3 is 10.2 Å². The molecule has 2 amide bonds. The van der Waals surface area contributed by atoms with Crippen molar-refractivity contribution in [2.24, 2.45) is 0 Å². The molecule has 0 aliphatic rings. The maximum absolute atomic E-state index is 13.8. The minimum atomic E-state index is -0.559. The van der Waals surface area contributed by atoms with Gasteiger partial charge >= 0.3 is 0 Å². The number of hydrogen-bond donors (Lipinski definition) is 1. The second-order valence-electron chi connectivity index (χ2n) is 8.56. The zero-order chi connectivity index (χ0) is 23.6. The van der Waals surface area contributed by atoms with E-state index in [1.165, 1.54) is 0 Å². The third-order valence-corrected chi connectivity index (χ3v) is 5.93. The quantitative estimate of drug-likeness (QED) is 0.453. The van der Waals surface area contributed by atoms with E-state index in [1.807, 2.05) is 75.4 Å². The topological polar surface area (TPSA) is 49.4 Å². The van der Waals surface area contributed by atoms with Gasteiger partial charge in [0.2, 0.25) is 11.8 Å². The van der Waals surface area contributed by atoms with Crippen LogP contribution in [0.2, 0.25) is 0 Å². The van der Waals surface area contributed by atoms with Crippen LogP contribution in [0.15, 0.2) is 84.9 Å². The molecule has 0 saturated heterocycles. The van der Waals surface area contributed by atoms with Crippen molar-refractivity contribution in [1.82, 2.24) is 10.2 Å². The second-order valence-corrected chi connectivity index (χ2v) is 8.56. The number of rotatable bonds is 10. The Kier molecular flexibility index (Phi) is 8.82. The van der Waals surface area contributed by atoms with E-state index in [4.69, 9.17) is 0 Å². The number of hydrogen-bond acceptors (Lipinski definition) is 2. The molecule has 1 N–H and O–H groups in total. The van der Waals surface area contributed by atoms with Crippen LogP contribution in [-0.4, -0.2) is 29.3 Å². The van der Waals surface area contributed by atoms with E-state index in [0.29, 0.717) is 19.5 Å². The molecule has 3 aromatic rings. The largest absolute Gasteiger partial charge is 0.354 e. The number of amides is 2. The average molecular weight is 443 g/mol. The monoisotopic (exact) mass is 442 g/mol. The predicted molar refractivity (Wildman–Crippen MR) is 134 cm³/mol. The summed E-state index contributed by atoms with van der Waals surface area (Å²) in [7, 11) is 0. The third-order valence-electron chi connectivity index (χ3n) is 5.93. The van der Waals surface area contributed by atoms with Crippen LogP contribution in [0.3, 0.4) is 0 Å². The smallest absolute Gasteiger partial charge is 0.242 e. The van der Waals surface area contributed by atoms with Gasteiger partial charge in [0.15, 0.2) is 0 Å². The van der Waals surface area contributed by atoms with Crippen LogP contribution in [-0.2, 0) is 16.1 Å².